The number of para-hydroxylation sites is 1. The molecule has 1 saturated heterocycles. The molecule has 0 aromatic heterocycles. The molecule has 2 aliphatic rings. The van der Waals surface area contributed by atoms with Gasteiger partial charge in [-0.15, -0.1) is 0 Å². The molecule has 32 heavy (non-hydrogen) atoms. The van der Waals surface area contributed by atoms with Crippen LogP contribution in [-0.4, -0.2) is 36.7 Å². The Kier molecular flexibility index (Phi) is 5.75. The zero-order chi connectivity index (χ0) is 22.1. The van der Waals surface area contributed by atoms with Gasteiger partial charge in [0, 0.05) is 24.4 Å². The molecule has 2 atom stereocenters. The predicted octanol–water partition coefficient (Wildman–Crippen LogP) is 5.62. The first-order valence-corrected chi connectivity index (χ1v) is 11.5. The Morgan fingerprint density at radius 3 is 2.72 bits per heavy atom. The molecule has 5 heteroatoms. The van der Waals surface area contributed by atoms with Crippen LogP contribution in [0.15, 0.2) is 60.7 Å². The summed E-state index contributed by atoms with van der Waals surface area (Å²) in [7, 11) is 0. The highest BCUT2D eigenvalue weighted by Gasteiger charge is 2.37. The van der Waals surface area contributed by atoms with Gasteiger partial charge in [0.15, 0.2) is 0 Å². The van der Waals surface area contributed by atoms with Crippen LogP contribution >= 0.6 is 0 Å². The summed E-state index contributed by atoms with van der Waals surface area (Å²) in [5.41, 5.74) is 2.56. The Balaban J connectivity index is 1.64. The number of hydrogen-bond donors (Lipinski definition) is 1. The molecule has 2 unspecified atom stereocenters. The van der Waals surface area contributed by atoms with Gasteiger partial charge in [-0.25, -0.2) is 0 Å². The highest BCUT2D eigenvalue weighted by atomic mass is 16.5. The van der Waals surface area contributed by atoms with Crippen molar-refractivity contribution in [3.63, 3.8) is 0 Å². The fourth-order valence-electron chi connectivity index (χ4n) is 4.66. The lowest BCUT2D eigenvalue weighted by Crippen LogP contribution is -2.46. The molecular weight excluding hydrogens is 400 g/mol. The minimum Gasteiger partial charge on any atom is -0.493 e. The summed E-state index contributed by atoms with van der Waals surface area (Å²) in [6.45, 7) is 6.22. The molecule has 0 saturated carbocycles. The van der Waals surface area contributed by atoms with Gasteiger partial charge in [-0.1, -0.05) is 56.3 Å². The molecular formula is C27H30N2O3. The summed E-state index contributed by atoms with van der Waals surface area (Å²) in [6, 6.07) is 20.2. The Bertz CT molecular complexity index is 1120. The van der Waals surface area contributed by atoms with Crippen molar-refractivity contribution in [2.75, 3.05) is 25.1 Å². The van der Waals surface area contributed by atoms with E-state index in [0.29, 0.717) is 24.6 Å². The SMILES string of the molecule is CC(C)COc1ccc2ccccc2c1C1Nc2ccccc2C(=O)N1CC1CCCO1. The number of nitrogens with zero attached hydrogens (tertiary/aromatic N) is 1. The Labute approximate surface area is 189 Å². The molecule has 0 spiro atoms. The van der Waals surface area contributed by atoms with Gasteiger partial charge in [-0.2, -0.15) is 0 Å². The number of anilines is 1. The standard InChI is InChI=1S/C27H30N2O3/c1-18(2)17-32-24-14-13-19-8-3-4-10-21(19)25(24)26-28-23-12-6-5-11-22(23)27(30)29(26)16-20-9-7-15-31-20/h3-6,8,10-14,18,20,26,28H,7,9,15-17H2,1-2H3. The molecule has 1 fully saturated rings. The van der Waals surface area contributed by atoms with Gasteiger partial charge < -0.3 is 19.7 Å². The van der Waals surface area contributed by atoms with E-state index in [9.17, 15) is 4.79 Å². The fraction of sp³-hybridized carbons (Fsp3) is 0.370. The number of ether oxygens (including phenoxy) is 2. The molecule has 1 amide bonds. The van der Waals surface area contributed by atoms with E-state index in [1.54, 1.807) is 0 Å². The van der Waals surface area contributed by atoms with Crippen LogP contribution in [0.4, 0.5) is 5.69 Å². The molecule has 2 aliphatic heterocycles. The Morgan fingerprint density at radius 2 is 1.91 bits per heavy atom. The monoisotopic (exact) mass is 430 g/mol. The smallest absolute Gasteiger partial charge is 0.257 e. The van der Waals surface area contributed by atoms with Crippen molar-refractivity contribution >= 4 is 22.4 Å². The van der Waals surface area contributed by atoms with Gasteiger partial charge in [-0.05, 0) is 47.7 Å². The minimum absolute atomic E-state index is 0.0302. The summed E-state index contributed by atoms with van der Waals surface area (Å²) in [5.74, 6) is 1.25. The average molecular weight is 431 g/mol. The van der Waals surface area contributed by atoms with E-state index in [1.165, 1.54) is 0 Å². The van der Waals surface area contributed by atoms with Crippen LogP contribution in [-0.2, 0) is 4.74 Å². The van der Waals surface area contributed by atoms with E-state index in [2.05, 4.69) is 37.4 Å². The van der Waals surface area contributed by atoms with Crippen molar-refractivity contribution in [2.45, 2.75) is 39.0 Å². The third-order valence-corrected chi connectivity index (χ3v) is 6.22. The van der Waals surface area contributed by atoms with Crippen molar-refractivity contribution in [1.82, 2.24) is 4.90 Å². The summed E-state index contributed by atoms with van der Waals surface area (Å²) in [5, 5.41) is 5.88. The van der Waals surface area contributed by atoms with Crippen molar-refractivity contribution in [3.8, 4) is 5.75 Å². The molecule has 0 bridgehead atoms. The van der Waals surface area contributed by atoms with Gasteiger partial charge >= 0.3 is 0 Å². The van der Waals surface area contributed by atoms with Gasteiger partial charge in [-0.3, -0.25) is 4.79 Å². The predicted molar refractivity (Wildman–Crippen MR) is 127 cm³/mol. The van der Waals surface area contributed by atoms with Crippen LogP contribution < -0.4 is 10.1 Å². The molecule has 1 N–H and O–H groups in total. The first kappa shape index (κ1) is 20.8. The zero-order valence-corrected chi connectivity index (χ0v) is 18.7. The average Bonchev–Trinajstić information content (AvgIpc) is 3.32. The second-order valence-corrected chi connectivity index (χ2v) is 9.09. The van der Waals surface area contributed by atoms with Crippen LogP contribution in [0.2, 0.25) is 0 Å². The molecule has 5 rings (SSSR count). The highest BCUT2D eigenvalue weighted by molar-refractivity contribution is 6.02. The Morgan fingerprint density at radius 1 is 1.09 bits per heavy atom. The number of amides is 1. The molecule has 0 radical (unpaired) electrons. The number of rotatable bonds is 6. The molecule has 5 nitrogen and oxygen atoms in total. The number of carbonyl (C=O) groups excluding carboxylic acids is 1. The lowest BCUT2D eigenvalue weighted by Gasteiger charge is -2.40. The quantitative estimate of drug-likeness (QED) is 0.551. The van der Waals surface area contributed by atoms with Crippen molar-refractivity contribution in [2.24, 2.45) is 5.92 Å². The number of carbonyl (C=O) groups is 1. The Hall–Kier alpha value is -3.05. The molecule has 3 aromatic carbocycles. The largest absolute Gasteiger partial charge is 0.493 e. The van der Waals surface area contributed by atoms with Crippen molar-refractivity contribution in [3.05, 3.63) is 71.8 Å². The maximum Gasteiger partial charge on any atom is 0.257 e. The van der Waals surface area contributed by atoms with Gasteiger partial charge in [0.25, 0.3) is 5.91 Å². The van der Waals surface area contributed by atoms with Crippen molar-refractivity contribution < 1.29 is 14.3 Å². The second-order valence-electron chi connectivity index (χ2n) is 9.09. The minimum atomic E-state index is -0.338. The topological polar surface area (TPSA) is 50.8 Å². The van der Waals surface area contributed by atoms with E-state index in [1.807, 2.05) is 47.4 Å². The number of nitrogens with one attached hydrogen (secondary N) is 1. The summed E-state index contributed by atoms with van der Waals surface area (Å²) < 4.78 is 12.2. The van der Waals surface area contributed by atoms with E-state index >= 15 is 0 Å². The van der Waals surface area contributed by atoms with E-state index < -0.39 is 0 Å². The van der Waals surface area contributed by atoms with E-state index in [0.717, 1.165) is 47.2 Å². The number of fused-ring (bicyclic) bond motifs is 2. The summed E-state index contributed by atoms with van der Waals surface area (Å²) in [4.78, 5) is 15.6. The van der Waals surface area contributed by atoms with Crippen molar-refractivity contribution in [1.29, 1.82) is 0 Å². The molecule has 0 aliphatic carbocycles. The van der Waals surface area contributed by atoms with Gasteiger partial charge in [0.1, 0.15) is 11.9 Å². The normalized spacial score (nSPS) is 20.5. The van der Waals surface area contributed by atoms with Crippen LogP contribution in [0.1, 0.15) is 48.8 Å². The van der Waals surface area contributed by atoms with E-state index in [-0.39, 0.29) is 18.2 Å². The lowest BCUT2D eigenvalue weighted by atomic mass is 9.97. The van der Waals surface area contributed by atoms with Crippen LogP contribution in [0.5, 0.6) is 5.75 Å². The highest BCUT2D eigenvalue weighted by Crippen LogP contribution is 2.41. The van der Waals surface area contributed by atoms with Crippen LogP contribution in [0, 0.1) is 5.92 Å². The van der Waals surface area contributed by atoms with Crippen LogP contribution in [0.3, 0.4) is 0 Å². The maximum atomic E-state index is 13.7. The van der Waals surface area contributed by atoms with E-state index in [4.69, 9.17) is 9.47 Å². The van der Waals surface area contributed by atoms with Crippen LogP contribution in [0.25, 0.3) is 10.8 Å². The molecule has 166 valence electrons. The third-order valence-electron chi connectivity index (χ3n) is 6.22. The number of hydrogen-bond acceptors (Lipinski definition) is 4. The first-order valence-electron chi connectivity index (χ1n) is 11.5. The fourth-order valence-corrected chi connectivity index (χ4v) is 4.66. The summed E-state index contributed by atoms with van der Waals surface area (Å²) >= 11 is 0. The number of benzene rings is 3. The third kappa shape index (κ3) is 3.93. The van der Waals surface area contributed by atoms with Gasteiger partial charge in [0.05, 0.1) is 18.3 Å². The summed E-state index contributed by atoms with van der Waals surface area (Å²) in [6.07, 6.45) is 1.74. The zero-order valence-electron chi connectivity index (χ0n) is 18.7. The van der Waals surface area contributed by atoms with Gasteiger partial charge in [0.2, 0.25) is 0 Å². The molecule has 3 aromatic rings. The first-order chi connectivity index (χ1) is 15.6. The maximum absolute atomic E-state index is 13.7. The second kappa shape index (κ2) is 8.83. The lowest BCUT2D eigenvalue weighted by molar-refractivity contribution is 0.0425. The molecule has 2 heterocycles.